The number of fused-ring (bicyclic) bond motifs is 1. The predicted molar refractivity (Wildman–Crippen MR) is 62.8 cm³/mol. The summed E-state index contributed by atoms with van der Waals surface area (Å²) >= 11 is 1.53. The Kier molecular flexibility index (Phi) is 2.15. The van der Waals surface area contributed by atoms with Gasteiger partial charge in [-0.15, -0.1) is 11.3 Å². The fourth-order valence-electron chi connectivity index (χ4n) is 1.57. The molecule has 0 radical (unpaired) electrons. The molecule has 0 atom stereocenters. The Hall–Kier alpha value is -1.81. The third-order valence-electron chi connectivity index (χ3n) is 2.34. The van der Waals surface area contributed by atoms with Crippen molar-refractivity contribution in [3.8, 4) is 11.3 Å². The summed E-state index contributed by atoms with van der Waals surface area (Å²) in [5.74, 6) is -0.260. The normalized spacial score (nSPS) is 10.8. The van der Waals surface area contributed by atoms with E-state index in [0.29, 0.717) is 16.9 Å². The monoisotopic (exact) mass is 230 g/mol. The number of halogens is 1. The third-order valence-corrected chi connectivity index (χ3v) is 3.13. The Labute approximate surface area is 95.4 Å². The van der Waals surface area contributed by atoms with Crippen LogP contribution in [0.3, 0.4) is 0 Å². The molecule has 0 aliphatic heterocycles. The zero-order valence-electron chi connectivity index (χ0n) is 8.22. The molecule has 0 bridgehead atoms. The molecule has 4 heteroatoms. The Morgan fingerprint density at radius 2 is 1.94 bits per heavy atom. The molecule has 0 aliphatic rings. The van der Waals surface area contributed by atoms with Crippen LogP contribution in [0.25, 0.3) is 21.6 Å². The lowest BCUT2D eigenvalue weighted by molar-refractivity contribution is 0.631. The minimum absolute atomic E-state index is 0.260. The molecular formula is C12H7FN2S. The second-order valence-corrected chi connectivity index (χ2v) is 4.24. The number of thiazole rings is 1. The van der Waals surface area contributed by atoms with Crippen molar-refractivity contribution in [2.24, 2.45) is 0 Å². The number of hydrogen-bond donors (Lipinski definition) is 0. The first kappa shape index (κ1) is 9.42. The van der Waals surface area contributed by atoms with E-state index in [1.807, 2.05) is 12.1 Å². The molecule has 3 aromatic rings. The van der Waals surface area contributed by atoms with E-state index in [4.69, 9.17) is 0 Å². The van der Waals surface area contributed by atoms with Gasteiger partial charge in [0.05, 0.1) is 15.9 Å². The van der Waals surface area contributed by atoms with Gasteiger partial charge in [0.25, 0.3) is 0 Å². The summed E-state index contributed by atoms with van der Waals surface area (Å²) in [7, 11) is 0. The van der Waals surface area contributed by atoms with Crippen molar-refractivity contribution in [1.82, 2.24) is 9.97 Å². The molecule has 1 aromatic carbocycles. The van der Waals surface area contributed by atoms with Gasteiger partial charge in [-0.1, -0.05) is 12.1 Å². The molecule has 3 rings (SSSR count). The van der Waals surface area contributed by atoms with E-state index in [9.17, 15) is 4.39 Å². The zero-order chi connectivity index (χ0) is 11.0. The van der Waals surface area contributed by atoms with E-state index in [-0.39, 0.29) is 5.82 Å². The summed E-state index contributed by atoms with van der Waals surface area (Å²) < 4.78 is 14.6. The van der Waals surface area contributed by atoms with Crippen LogP contribution in [0, 0.1) is 5.82 Å². The van der Waals surface area contributed by atoms with Crippen LogP contribution < -0.4 is 0 Å². The Bertz CT molecular complexity index is 648. The molecule has 0 saturated carbocycles. The van der Waals surface area contributed by atoms with Gasteiger partial charge in [-0.25, -0.2) is 14.4 Å². The van der Waals surface area contributed by atoms with Gasteiger partial charge in [-0.3, -0.25) is 0 Å². The van der Waals surface area contributed by atoms with Gasteiger partial charge in [0.2, 0.25) is 0 Å². The van der Waals surface area contributed by atoms with Crippen molar-refractivity contribution >= 4 is 21.7 Å². The maximum absolute atomic E-state index is 13.5. The van der Waals surface area contributed by atoms with Crippen LogP contribution >= 0.6 is 11.3 Å². The number of aromatic nitrogens is 2. The molecule has 0 N–H and O–H groups in total. The highest BCUT2D eigenvalue weighted by Gasteiger charge is 2.06. The van der Waals surface area contributed by atoms with Crippen molar-refractivity contribution in [3.05, 3.63) is 47.7 Å². The average molecular weight is 230 g/mol. The van der Waals surface area contributed by atoms with Crippen LogP contribution in [0.4, 0.5) is 4.39 Å². The van der Waals surface area contributed by atoms with E-state index >= 15 is 0 Å². The summed E-state index contributed by atoms with van der Waals surface area (Å²) in [6.45, 7) is 0. The minimum atomic E-state index is -0.260. The highest BCUT2D eigenvalue weighted by molar-refractivity contribution is 7.16. The first-order valence-electron chi connectivity index (χ1n) is 4.80. The van der Waals surface area contributed by atoms with Gasteiger partial charge in [-0.05, 0) is 24.3 Å². The topological polar surface area (TPSA) is 25.8 Å². The van der Waals surface area contributed by atoms with Crippen LogP contribution in [0.1, 0.15) is 0 Å². The smallest absolute Gasteiger partial charge is 0.170 e. The molecule has 0 spiro atoms. The Morgan fingerprint density at radius 1 is 1.06 bits per heavy atom. The molecular weight excluding hydrogens is 223 g/mol. The lowest BCUT2D eigenvalue weighted by Crippen LogP contribution is -1.87. The predicted octanol–water partition coefficient (Wildman–Crippen LogP) is 3.50. The van der Waals surface area contributed by atoms with E-state index in [1.54, 1.807) is 23.7 Å². The van der Waals surface area contributed by atoms with Crippen molar-refractivity contribution < 1.29 is 4.39 Å². The highest BCUT2D eigenvalue weighted by atomic mass is 32.1. The summed E-state index contributed by atoms with van der Waals surface area (Å²) in [5, 5.41) is 0. The van der Waals surface area contributed by atoms with Crippen LogP contribution in [-0.2, 0) is 0 Å². The minimum Gasteiger partial charge on any atom is -0.227 e. The number of hydrogen-bond acceptors (Lipinski definition) is 3. The molecule has 2 aromatic heterocycles. The van der Waals surface area contributed by atoms with Crippen molar-refractivity contribution in [2.45, 2.75) is 0 Å². The summed E-state index contributed by atoms with van der Waals surface area (Å²) in [6, 6.07) is 10.4. The van der Waals surface area contributed by atoms with E-state index in [0.717, 1.165) is 4.70 Å². The fraction of sp³-hybridized carbons (Fsp3) is 0. The van der Waals surface area contributed by atoms with Gasteiger partial charge in [-0.2, -0.15) is 0 Å². The molecule has 0 unspecified atom stereocenters. The number of pyridine rings is 1. The molecule has 2 heterocycles. The van der Waals surface area contributed by atoms with Crippen LogP contribution in [0.2, 0.25) is 0 Å². The molecule has 0 aliphatic carbocycles. The van der Waals surface area contributed by atoms with E-state index < -0.39 is 0 Å². The SMILES string of the molecule is Fc1ccccc1-c1ccc2scnc2n1. The molecule has 2 nitrogen and oxygen atoms in total. The maximum atomic E-state index is 13.5. The first-order chi connectivity index (χ1) is 7.84. The summed E-state index contributed by atoms with van der Waals surface area (Å²) in [5.41, 5.74) is 3.54. The standard InChI is InChI=1S/C12H7FN2S/c13-9-4-2-1-3-8(9)10-5-6-11-12(15-10)14-7-16-11/h1-7H. The Morgan fingerprint density at radius 3 is 2.81 bits per heavy atom. The maximum Gasteiger partial charge on any atom is 0.170 e. The zero-order valence-corrected chi connectivity index (χ0v) is 9.04. The molecule has 0 saturated heterocycles. The van der Waals surface area contributed by atoms with Gasteiger partial charge in [0.15, 0.2) is 5.65 Å². The third kappa shape index (κ3) is 1.47. The summed E-state index contributed by atoms with van der Waals surface area (Å²) in [6.07, 6.45) is 0. The van der Waals surface area contributed by atoms with Crippen molar-refractivity contribution in [2.75, 3.05) is 0 Å². The van der Waals surface area contributed by atoms with Gasteiger partial charge < -0.3 is 0 Å². The second-order valence-electron chi connectivity index (χ2n) is 3.35. The van der Waals surface area contributed by atoms with Gasteiger partial charge in [0, 0.05) is 5.56 Å². The van der Waals surface area contributed by atoms with Crippen LogP contribution in [0.15, 0.2) is 41.9 Å². The van der Waals surface area contributed by atoms with E-state index in [1.165, 1.54) is 17.4 Å². The van der Waals surface area contributed by atoms with Crippen LogP contribution in [0.5, 0.6) is 0 Å². The van der Waals surface area contributed by atoms with E-state index in [2.05, 4.69) is 9.97 Å². The molecule has 0 fully saturated rings. The van der Waals surface area contributed by atoms with Crippen LogP contribution in [-0.4, -0.2) is 9.97 Å². The van der Waals surface area contributed by atoms with Gasteiger partial charge in [0.1, 0.15) is 5.82 Å². The van der Waals surface area contributed by atoms with Crippen molar-refractivity contribution in [1.29, 1.82) is 0 Å². The number of benzene rings is 1. The number of rotatable bonds is 1. The summed E-state index contributed by atoms with van der Waals surface area (Å²) in [4.78, 5) is 8.45. The van der Waals surface area contributed by atoms with Crippen molar-refractivity contribution in [3.63, 3.8) is 0 Å². The molecule has 16 heavy (non-hydrogen) atoms. The fourth-order valence-corrected chi connectivity index (χ4v) is 2.19. The van der Waals surface area contributed by atoms with Gasteiger partial charge >= 0.3 is 0 Å². The molecule has 78 valence electrons. The lowest BCUT2D eigenvalue weighted by Gasteiger charge is -2.01. The second kappa shape index (κ2) is 3.64. The average Bonchev–Trinajstić information content (AvgIpc) is 2.76. The first-order valence-corrected chi connectivity index (χ1v) is 5.68. The lowest BCUT2D eigenvalue weighted by atomic mass is 10.1. The highest BCUT2D eigenvalue weighted by Crippen LogP contribution is 2.24. The number of nitrogens with zero attached hydrogens (tertiary/aromatic N) is 2. The molecule has 0 amide bonds. The quantitative estimate of drug-likeness (QED) is 0.639. The Balaban J connectivity index is 2.22. The largest absolute Gasteiger partial charge is 0.227 e.